The molecule has 0 radical (unpaired) electrons. The Hall–Kier alpha value is -4.00. The lowest BCUT2D eigenvalue weighted by Crippen LogP contribution is -2.20. The molecule has 3 rings (SSSR count). The third-order valence-electron chi connectivity index (χ3n) is 4.85. The molecule has 190 valence electrons. The van der Waals surface area contributed by atoms with Crippen molar-refractivity contribution < 1.29 is 23.8 Å². The molecular formula is C27H23BrClN3O5. The molecule has 3 aromatic rings. The van der Waals surface area contributed by atoms with Gasteiger partial charge in [-0.05, 0) is 83.0 Å². The van der Waals surface area contributed by atoms with Gasteiger partial charge >= 0.3 is 0 Å². The fourth-order valence-electron chi connectivity index (χ4n) is 3.15. The zero-order valence-corrected chi connectivity index (χ0v) is 22.4. The van der Waals surface area contributed by atoms with Gasteiger partial charge in [0.05, 0.1) is 28.9 Å². The number of anilines is 2. The van der Waals surface area contributed by atoms with E-state index in [0.717, 1.165) is 0 Å². The van der Waals surface area contributed by atoms with E-state index in [2.05, 4.69) is 26.6 Å². The molecule has 0 heterocycles. The first-order valence-corrected chi connectivity index (χ1v) is 12.2. The Morgan fingerprint density at radius 3 is 2.46 bits per heavy atom. The van der Waals surface area contributed by atoms with E-state index in [1.165, 1.54) is 6.08 Å². The fourth-order valence-corrected chi connectivity index (χ4v) is 3.91. The summed E-state index contributed by atoms with van der Waals surface area (Å²) in [6.45, 7) is 1.85. The van der Waals surface area contributed by atoms with E-state index < -0.39 is 5.91 Å². The van der Waals surface area contributed by atoms with Gasteiger partial charge in [-0.3, -0.25) is 9.59 Å². The summed E-state index contributed by atoms with van der Waals surface area (Å²) in [4.78, 5) is 25.0. The Balaban J connectivity index is 1.75. The number of nitriles is 1. The van der Waals surface area contributed by atoms with Crippen LogP contribution in [0.1, 0.15) is 12.5 Å². The zero-order valence-electron chi connectivity index (χ0n) is 20.0. The second-order valence-electron chi connectivity index (χ2n) is 7.43. The Morgan fingerprint density at radius 1 is 1.08 bits per heavy atom. The number of nitrogens with one attached hydrogen (secondary N) is 2. The van der Waals surface area contributed by atoms with Crippen LogP contribution in [-0.2, 0) is 9.59 Å². The van der Waals surface area contributed by atoms with Crippen LogP contribution in [0, 0.1) is 11.3 Å². The first-order chi connectivity index (χ1) is 17.8. The predicted octanol–water partition coefficient (Wildman–Crippen LogP) is 6.07. The zero-order chi connectivity index (χ0) is 26.8. The van der Waals surface area contributed by atoms with E-state index in [4.69, 9.17) is 25.8 Å². The van der Waals surface area contributed by atoms with Gasteiger partial charge in [0.1, 0.15) is 17.4 Å². The summed E-state index contributed by atoms with van der Waals surface area (Å²) in [6.07, 6.45) is 1.42. The summed E-state index contributed by atoms with van der Waals surface area (Å²) in [7, 11) is 1.56. The van der Waals surface area contributed by atoms with Gasteiger partial charge in [0.15, 0.2) is 18.1 Å². The van der Waals surface area contributed by atoms with Crippen LogP contribution in [-0.4, -0.2) is 32.1 Å². The largest absolute Gasteiger partial charge is 0.497 e. The predicted molar refractivity (Wildman–Crippen MR) is 146 cm³/mol. The minimum absolute atomic E-state index is 0.137. The molecule has 37 heavy (non-hydrogen) atoms. The third kappa shape index (κ3) is 7.74. The molecule has 2 N–H and O–H groups in total. The van der Waals surface area contributed by atoms with E-state index in [1.54, 1.807) is 74.7 Å². The van der Waals surface area contributed by atoms with Crippen LogP contribution in [0.2, 0.25) is 5.02 Å². The van der Waals surface area contributed by atoms with Crippen LogP contribution < -0.4 is 24.8 Å². The molecule has 0 aliphatic heterocycles. The van der Waals surface area contributed by atoms with Crippen LogP contribution >= 0.6 is 27.5 Å². The van der Waals surface area contributed by atoms with Gasteiger partial charge in [-0.15, -0.1) is 0 Å². The molecular weight excluding hydrogens is 562 g/mol. The van der Waals surface area contributed by atoms with Gasteiger partial charge in [0.2, 0.25) is 0 Å². The maximum Gasteiger partial charge on any atom is 0.266 e. The molecule has 0 aromatic heterocycles. The average molecular weight is 585 g/mol. The van der Waals surface area contributed by atoms with Gasteiger partial charge in [-0.25, -0.2) is 0 Å². The highest BCUT2D eigenvalue weighted by atomic mass is 79.9. The molecule has 2 amide bonds. The number of hydrogen-bond donors (Lipinski definition) is 2. The number of ether oxygens (including phenoxy) is 3. The van der Waals surface area contributed by atoms with E-state index in [0.29, 0.717) is 50.3 Å². The number of amides is 2. The highest BCUT2D eigenvalue weighted by Crippen LogP contribution is 2.37. The molecule has 8 nitrogen and oxygen atoms in total. The highest BCUT2D eigenvalue weighted by Gasteiger charge is 2.16. The van der Waals surface area contributed by atoms with Crippen LogP contribution in [0.5, 0.6) is 17.2 Å². The SMILES string of the molecule is CCOc1cc(/C=C(\C#N)C(=O)Nc2ccccc2Cl)cc(Br)c1OCC(=O)Nc1ccc(OC)cc1. The summed E-state index contributed by atoms with van der Waals surface area (Å²) >= 11 is 9.52. The number of carbonyl (C=O) groups is 2. The number of hydrogen-bond acceptors (Lipinski definition) is 6. The maximum atomic E-state index is 12.6. The smallest absolute Gasteiger partial charge is 0.266 e. The van der Waals surface area contributed by atoms with Gasteiger partial charge < -0.3 is 24.8 Å². The van der Waals surface area contributed by atoms with E-state index in [1.807, 2.05) is 6.07 Å². The third-order valence-corrected chi connectivity index (χ3v) is 5.77. The van der Waals surface area contributed by atoms with Crippen molar-refractivity contribution >= 4 is 56.8 Å². The summed E-state index contributed by atoms with van der Waals surface area (Å²) < 4.78 is 17.0. The van der Waals surface area contributed by atoms with Crippen LogP contribution in [0.15, 0.2) is 70.7 Å². The molecule has 3 aromatic carbocycles. The van der Waals surface area contributed by atoms with Crippen molar-refractivity contribution in [2.24, 2.45) is 0 Å². The number of para-hydroxylation sites is 1. The summed E-state index contributed by atoms with van der Waals surface area (Å²) in [5.41, 5.74) is 1.36. The molecule has 0 spiro atoms. The fraction of sp³-hybridized carbons (Fsp3) is 0.148. The number of methoxy groups -OCH3 is 1. The summed E-state index contributed by atoms with van der Waals surface area (Å²) in [5, 5.41) is 15.3. The lowest BCUT2D eigenvalue weighted by molar-refractivity contribution is -0.118. The number of nitrogens with zero attached hydrogens (tertiary/aromatic N) is 1. The van der Waals surface area contributed by atoms with Crippen LogP contribution in [0.4, 0.5) is 11.4 Å². The van der Waals surface area contributed by atoms with Gasteiger partial charge in [-0.1, -0.05) is 23.7 Å². The lowest BCUT2D eigenvalue weighted by atomic mass is 10.1. The van der Waals surface area contributed by atoms with Crippen molar-refractivity contribution in [2.75, 3.05) is 31.0 Å². The Labute approximate surface area is 227 Å². The standard InChI is InChI=1S/C27H23BrClN3O5/c1-3-36-24-14-17(12-18(15-30)27(34)32-23-7-5-4-6-22(23)29)13-21(28)26(24)37-16-25(33)31-19-8-10-20(35-2)11-9-19/h4-14H,3,16H2,1-2H3,(H,31,33)(H,32,34)/b18-12+. The number of rotatable bonds is 10. The molecule has 10 heteroatoms. The van der Waals surface area contributed by atoms with Gasteiger partial charge in [0.25, 0.3) is 11.8 Å². The minimum atomic E-state index is -0.611. The van der Waals surface area contributed by atoms with E-state index >= 15 is 0 Å². The molecule has 0 bridgehead atoms. The van der Waals surface area contributed by atoms with Crippen molar-refractivity contribution in [1.29, 1.82) is 5.26 Å². The van der Waals surface area contributed by atoms with Gasteiger partial charge in [0, 0.05) is 5.69 Å². The summed E-state index contributed by atoms with van der Waals surface area (Å²) in [6, 6.07) is 18.8. The average Bonchev–Trinajstić information content (AvgIpc) is 2.88. The number of carbonyl (C=O) groups excluding carboxylic acids is 2. The van der Waals surface area contributed by atoms with Crippen molar-refractivity contribution in [2.45, 2.75) is 6.92 Å². The van der Waals surface area contributed by atoms with Crippen LogP contribution in [0.3, 0.4) is 0 Å². The van der Waals surface area contributed by atoms with Crippen molar-refractivity contribution in [3.63, 3.8) is 0 Å². The Bertz CT molecular complexity index is 1350. The second kappa shape index (κ2) is 13.3. The Morgan fingerprint density at radius 2 is 1.81 bits per heavy atom. The summed E-state index contributed by atoms with van der Waals surface area (Å²) in [5.74, 6) is 0.341. The molecule has 0 unspecified atom stereocenters. The lowest BCUT2D eigenvalue weighted by Gasteiger charge is -2.15. The van der Waals surface area contributed by atoms with Crippen molar-refractivity contribution in [1.82, 2.24) is 0 Å². The Kier molecular flexibility index (Phi) is 9.95. The first kappa shape index (κ1) is 27.6. The quantitative estimate of drug-likeness (QED) is 0.221. The number of halogens is 2. The molecule has 0 atom stereocenters. The van der Waals surface area contributed by atoms with Crippen molar-refractivity contribution in [3.05, 3.63) is 81.3 Å². The topological polar surface area (TPSA) is 110 Å². The van der Waals surface area contributed by atoms with Crippen molar-refractivity contribution in [3.8, 4) is 23.3 Å². The normalized spacial score (nSPS) is 10.7. The maximum absolute atomic E-state index is 12.6. The van der Waals surface area contributed by atoms with Crippen LogP contribution in [0.25, 0.3) is 6.08 Å². The second-order valence-corrected chi connectivity index (χ2v) is 8.69. The molecule has 0 saturated carbocycles. The molecule has 0 aliphatic carbocycles. The molecule has 0 saturated heterocycles. The van der Waals surface area contributed by atoms with E-state index in [-0.39, 0.29) is 18.1 Å². The van der Waals surface area contributed by atoms with E-state index in [9.17, 15) is 14.9 Å². The molecule has 0 fully saturated rings. The monoisotopic (exact) mass is 583 g/mol. The number of benzene rings is 3. The minimum Gasteiger partial charge on any atom is -0.497 e. The first-order valence-electron chi connectivity index (χ1n) is 11.0. The highest BCUT2D eigenvalue weighted by molar-refractivity contribution is 9.10. The molecule has 0 aliphatic rings. The van der Waals surface area contributed by atoms with Gasteiger partial charge in [-0.2, -0.15) is 5.26 Å².